The van der Waals surface area contributed by atoms with Crippen LogP contribution in [0.1, 0.15) is 71.0 Å². The van der Waals surface area contributed by atoms with Gasteiger partial charge in [-0.25, -0.2) is 23.1 Å². The molecular formula is C24H37N5O2S. The highest BCUT2D eigenvalue weighted by Gasteiger charge is 2.17. The molecule has 2 aromatic heterocycles. The Balaban J connectivity index is 1.74. The minimum atomic E-state index is -3.28. The van der Waals surface area contributed by atoms with Gasteiger partial charge in [0.1, 0.15) is 11.3 Å². The van der Waals surface area contributed by atoms with E-state index >= 15 is 0 Å². The highest BCUT2D eigenvalue weighted by atomic mass is 32.2. The second kappa shape index (κ2) is 11.6. The molecule has 8 heteroatoms. The van der Waals surface area contributed by atoms with Crippen LogP contribution < -0.4 is 10.5 Å². The van der Waals surface area contributed by atoms with Gasteiger partial charge in [0.25, 0.3) is 0 Å². The molecule has 2 heterocycles. The van der Waals surface area contributed by atoms with Crippen LogP contribution in [0.15, 0.2) is 24.3 Å². The van der Waals surface area contributed by atoms with Crippen LogP contribution in [0.5, 0.6) is 0 Å². The SMILES string of the molecule is CCCCCCCCS(=O)(=O)NCCn1c(CCCC)nc2c(N)nc3ccccc3c21. The van der Waals surface area contributed by atoms with Crippen molar-refractivity contribution in [3.05, 3.63) is 30.1 Å². The largest absolute Gasteiger partial charge is 0.382 e. The number of pyridine rings is 1. The number of aromatic nitrogens is 3. The first-order valence-corrected chi connectivity index (χ1v) is 13.6. The number of nitrogens with one attached hydrogen (secondary N) is 1. The molecule has 7 nitrogen and oxygen atoms in total. The fourth-order valence-electron chi connectivity index (χ4n) is 4.13. The first-order valence-electron chi connectivity index (χ1n) is 12.0. The van der Waals surface area contributed by atoms with Crippen molar-refractivity contribution in [2.75, 3.05) is 18.0 Å². The molecule has 0 spiro atoms. The van der Waals surface area contributed by atoms with E-state index in [-0.39, 0.29) is 5.75 Å². The average Bonchev–Trinajstić information content (AvgIpc) is 3.14. The van der Waals surface area contributed by atoms with E-state index in [2.05, 4.69) is 28.1 Å². The van der Waals surface area contributed by atoms with Crippen LogP contribution in [0, 0.1) is 0 Å². The Labute approximate surface area is 191 Å². The number of fused-ring (bicyclic) bond motifs is 3. The third-order valence-electron chi connectivity index (χ3n) is 5.87. The van der Waals surface area contributed by atoms with Gasteiger partial charge in [0.05, 0.1) is 16.8 Å². The second-order valence-corrected chi connectivity index (χ2v) is 10.4. The summed E-state index contributed by atoms with van der Waals surface area (Å²) in [7, 11) is -3.28. The topological polar surface area (TPSA) is 103 Å². The molecule has 0 saturated carbocycles. The maximum Gasteiger partial charge on any atom is 0.211 e. The summed E-state index contributed by atoms with van der Waals surface area (Å²) in [6.45, 7) is 5.17. The van der Waals surface area contributed by atoms with Crippen LogP contribution in [-0.4, -0.2) is 35.3 Å². The molecule has 3 aromatic rings. The molecule has 0 atom stereocenters. The molecule has 3 N–H and O–H groups in total. The predicted octanol–water partition coefficient (Wildman–Crippen LogP) is 4.79. The number of aryl methyl sites for hydroxylation is 1. The predicted molar refractivity (Wildman–Crippen MR) is 133 cm³/mol. The van der Waals surface area contributed by atoms with Crippen molar-refractivity contribution in [3.8, 4) is 0 Å². The zero-order valence-electron chi connectivity index (χ0n) is 19.4. The zero-order chi connectivity index (χ0) is 23.0. The summed E-state index contributed by atoms with van der Waals surface area (Å²) < 4.78 is 29.8. The smallest absolute Gasteiger partial charge is 0.211 e. The van der Waals surface area contributed by atoms with Gasteiger partial charge in [-0.05, 0) is 18.9 Å². The molecule has 0 aliphatic rings. The number of hydrogen-bond acceptors (Lipinski definition) is 5. The minimum absolute atomic E-state index is 0.187. The summed E-state index contributed by atoms with van der Waals surface area (Å²) in [5, 5.41) is 0.988. The van der Waals surface area contributed by atoms with Crippen LogP contribution >= 0.6 is 0 Å². The molecule has 0 aliphatic carbocycles. The molecule has 0 radical (unpaired) electrons. The molecule has 3 rings (SSSR count). The van der Waals surface area contributed by atoms with E-state index in [1.54, 1.807) is 0 Å². The summed E-state index contributed by atoms with van der Waals surface area (Å²) >= 11 is 0. The van der Waals surface area contributed by atoms with Crippen LogP contribution in [0.4, 0.5) is 5.82 Å². The summed E-state index contributed by atoms with van der Waals surface area (Å²) in [5.74, 6) is 1.53. The van der Waals surface area contributed by atoms with Gasteiger partial charge in [0.15, 0.2) is 5.82 Å². The Morgan fingerprint density at radius 1 is 0.969 bits per heavy atom. The first kappa shape index (κ1) is 24.5. The van der Waals surface area contributed by atoms with E-state index in [9.17, 15) is 8.42 Å². The lowest BCUT2D eigenvalue weighted by molar-refractivity contribution is 0.562. The maximum absolute atomic E-state index is 12.5. The lowest BCUT2D eigenvalue weighted by Crippen LogP contribution is -2.30. The van der Waals surface area contributed by atoms with Crippen molar-refractivity contribution >= 4 is 37.8 Å². The van der Waals surface area contributed by atoms with E-state index in [0.29, 0.717) is 30.8 Å². The quantitative estimate of drug-likeness (QED) is 0.337. The molecular weight excluding hydrogens is 422 g/mol. The van der Waals surface area contributed by atoms with Gasteiger partial charge in [-0.1, -0.05) is 70.6 Å². The van der Waals surface area contributed by atoms with Crippen LogP contribution in [-0.2, 0) is 23.0 Å². The Hall–Kier alpha value is -2.19. The molecule has 0 aliphatic heterocycles. The second-order valence-electron chi connectivity index (χ2n) is 8.48. The molecule has 0 saturated heterocycles. The van der Waals surface area contributed by atoms with Crippen molar-refractivity contribution in [3.63, 3.8) is 0 Å². The fraction of sp³-hybridized carbons (Fsp3) is 0.583. The van der Waals surface area contributed by atoms with Crippen molar-refractivity contribution in [2.24, 2.45) is 0 Å². The Morgan fingerprint density at radius 2 is 1.69 bits per heavy atom. The number of nitrogens with two attached hydrogens (primary N) is 1. The number of sulfonamides is 1. The van der Waals surface area contributed by atoms with Crippen molar-refractivity contribution in [1.82, 2.24) is 19.3 Å². The molecule has 0 amide bonds. The highest BCUT2D eigenvalue weighted by molar-refractivity contribution is 7.89. The zero-order valence-corrected chi connectivity index (χ0v) is 20.3. The van der Waals surface area contributed by atoms with E-state index in [0.717, 1.165) is 54.3 Å². The van der Waals surface area contributed by atoms with Crippen LogP contribution in [0.3, 0.4) is 0 Å². The number of imidazole rings is 1. The summed E-state index contributed by atoms with van der Waals surface area (Å²) in [6.07, 6.45) is 9.27. The Bertz CT molecular complexity index is 1120. The average molecular weight is 460 g/mol. The number of nitrogens with zero attached hydrogens (tertiary/aromatic N) is 3. The number of para-hydroxylation sites is 1. The monoisotopic (exact) mass is 459 g/mol. The van der Waals surface area contributed by atoms with Gasteiger partial charge in [-0.2, -0.15) is 0 Å². The number of anilines is 1. The first-order chi connectivity index (χ1) is 15.5. The summed E-state index contributed by atoms with van der Waals surface area (Å²) in [6, 6.07) is 7.88. The standard InChI is InChI=1S/C24H37N5O2S/c1-3-5-7-8-9-12-18-32(30,31)26-16-17-29-21(15-6-4-2)28-22-23(29)19-13-10-11-14-20(19)27-24(22)25/h10-11,13-14,26H,3-9,12,15-18H2,1-2H3,(H2,25,27). The van der Waals surface area contributed by atoms with E-state index < -0.39 is 10.0 Å². The maximum atomic E-state index is 12.5. The minimum Gasteiger partial charge on any atom is -0.382 e. The molecule has 0 fully saturated rings. The van der Waals surface area contributed by atoms with Gasteiger partial charge in [-0.15, -0.1) is 0 Å². The lowest BCUT2D eigenvalue weighted by Gasteiger charge is -2.12. The third kappa shape index (κ3) is 6.19. The molecule has 0 bridgehead atoms. The normalized spacial score (nSPS) is 12.2. The third-order valence-corrected chi connectivity index (χ3v) is 7.34. The molecule has 0 unspecified atom stereocenters. The number of benzene rings is 1. The van der Waals surface area contributed by atoms with Gasteiger partial charge < -0.3 is 10.3 Å². The van der Waals surface area contributed by atoms with Gasteiger partial charge >= 0.3 is 0 Å². The van der Waals surface area contributed by atoms with Gasteiger partial charge in [0.2, 0.25) is 10.0 Å². The summed E-state index contributed by atoms with van der Waals surface area (Å²) in [5.41, 5.74) is 8.69. The molecule has 176 valence electrons. The van der Waals surface area contributed by atoms with Crippen molar-refractivity contribution in [2.45, 2.75) is 78.2 Å². The van der Waals surface area contributed by atoms with Crippen LogP contribution in [0.25, 0.3) is 21.9 Å². The van der Waals surface area contributed by atoms with E-state index in [1.807, 2.05) is 24.3 Å². The van der Waals surface area contributed by atoms with Crippen molar-refractivity contribution in [1.29, 1.82) is 0 Å². The van der Waals surface area contributed by atoms with Crippen LogP contribution in [0.2, 0.25) is 0 Å². The van der Waals surface area contributed by atoms with E-state index in [1.165, 1.54) is 19.3 Å². The van der Waals surface area contributed by atoms with Gasteiger partial charge in [-0.3, -0.25) is 0 Å². The number of nitrogen functional groups attached to an aromatic ring is 1. The van der Waals surface area contributed by atoms with Crippen molar-refractivity contribution < 1.29 is 8.42 Å². The number of rotatable bonds is 14. The number of hydrogen-bond donors (Lipinski definition) is 2. The van der Waals surface area contributed by atoms with Gasteiger partial charge in [0, 0.05) is 24.9 Å². The number of unbranched alkanes of at least 4 members (excludes halogenated alkanes) is 6. The fourth-order valence-corrected chi connectivity index (χ4v) is 5.26. The lowest BCUT2D eigenvalue weighted by atomic mass is 10.1. The highest BCUT2D eigenvalue weighted by Crippen LogP contribution is 2.29. The molecule has 32 heavy (non-hydrogen) atoms. The summed E-state index contributed by atoms with van der Waals surface area (Å²) in [4.78, 5) is 9.31. The Kier molecular flexibility index (Phi) is 8.87. The van der Waals surface area contributed by atoms with E-state index in [4.69, 9.17) is 10.7 Å². The molecule has 1 aromatic carbocycles. The Morgan fingerprint density at radius 3 is 2.47 bits per heavy atom.